The number of thiazole rings is 1. The average Bonchev–Trinajstić information content (AvgIpc) is 3.28. The van der Waals surface area contributed by atoms with Gasteiger partial charge in [-0.3, -0.25) is 4.79 Å². The predicted molar refractivity (Wildman–Crippen MR) is 121 cm³/mol. The van der Waals surface area contributed by atoms with Crippen LogP contribution in [-0.2, 0) is 14.8 Å². The van der Waals surface area contributed by atoms with Gasteiger partial charge in [0.25, 0.3) is 0 Å². The highest BCUT2D eigenvalue weighted by molar-refractivity contribution is 7.89. The third-order valence-corrected chi connectivity index (χ3v) is 8.00. The maximum Gasteiger partial charge on any atom is 0.243 e. The third kappa shape index (κ3) is 4.79. The van der Waals surface area contributed by atoms with Gasteiger partial charge in [0.05, 0.1) is 17.7 Å². The van der Waals surface area contributed by atoms with Crippen LogP contribution in [-0.4, -0.2) is 43.8 Å². The zero-order valence-electron chi connectivity index (χ0n) is 17.0. The van der Waals surface area contributed by atoms with E-state index in [1.54, 1.807) is 24.3 Å². The Morgan fingerprint density at radius 1 is 1.10 bits per heavy atom. The number of aromatic nitrogens is 1. The molecule has 4 rings (SSSR count). The molecule has 162 valence electrons. The summed E-state index contributed by atoms with van der Waals surface area (Å²) in [6.07, 6.45) is 0.941. The summed E-state index contributed by atoms with van der Waals surface area (Å²) in [4.78, 5) is 17.4. The van der Waals surface area contributed by atoms with Crippen molar-refractivity contribution in [3.63, 3.8) is 0 Å². The van der Waals surface area contributed by atoms with Gasteiger partial charge in [-0.05, 0) is 37.1 Å². The predicted octanol–water partition coefficient (Wildman–Crippen LogP) is 3.86. The van der Waals surface area contributed by atoms with Crippen molar-refractivity contribution in [2.75, 3.05) is 25.5 Å². The van der Waals surface area contributed by atoms with Gasteiger partial charge in [-0.2, -0.15) is 4.31 Å². The molecule has 9 heteroatoms. The van der Waals surface area contributed by atoms with Crippen molar-refractivity contribution in [2.24, 2.45) is 5.92 Å². The molecule has 1 aliphatic rings. The molecular weight excluding hydrogens is 434 g/mol. The first-order chi connectivity index (χ1) is 15.0. The van der Waals surface area contributed by atoms with Gasteiger partial charge in [0.15, 0.2) is 5.13 Å². The molecule has 1 aliphatic heterocycles. The lowest BCUT2D eigenvalue weighted by Gasteiger charge is -2.30. The second kappa shape index (κ2) is 9.17. The number of piperidine rings is 1. The summed E-state index contributed by atoms with van der Waals surface area (Å²) in [6, 6.07) is 16.1. The number of sulfonamides is 1. The number of hydrogen-bond acceptors (Lipinski definition) is 6. The van der Waals surface area contributed by atoms with Crippen molar-refractivity contribution < 1.29 is 17.9 Å². The van der Waals surface area contributed by atoms with Gasteiger partial charge in [-0.15, -0.1) is 11.3 Å². The monoisotopic (exact) mass is 457 g/mol. The first kappa shape index (κ1) is 21.5. The average molecular weight is 458 g/mol. The van der Waals surface area contributed by atoms with Gasteiger partial charge in [-0.1, -0.05) is 30.3 Å². The standard InChI is InChI=1S/C22H23N3O4S2/c1-29-18-7-9-19(10-8-18)31(27,28)25-13-11-17(12-14-25)21(26)24-22-23-20(15-30-22)16-5-3-2-4-6-16/h2-10,15,17H,11-14H2,1H3,(H,23,24,26). The summed E-state index contributed by atoms with van der Waals surface area (Å²) in [7, 11) is -2.05. The molecule has 31 heavy (non-hydrogen) atoms. The number of benzene rings is 2. The molecule has 1 N–H and O–H groups in total. The number of carbonyl (C=O) groups is 1. The van der Waals surface area contributed by atoms with Crippen molar-refractivity contribution >= 4 is 32.4 Å². The number of anilines is 1. The molecule has 1 aromatic heterocycles. The second-order valence-corrected chi connectivity index (χ2v) is 10.0. The lowest BCUT2D eigenvalue weighted by molar-refractivity contribution is -0.120. The zero-order valence-corrected chi connectivity index (χ0v) is 18.7. The highest BCUT2D eigenvalue weighted by atomic mass is 32.2. The quantitative estimate of drug-likeness (QED) is 0.607. The van der Waals surface area contributed by atoms with Gasteiger partial charge in [-0.25, -0.2) is 13.4 Å². The molecular formula is C22H23N3O4S2. The van der Waals surface area contributed by atoms with E-state index in [0.29, 0.717) is 36.8 Å². The van der Waals surface area contributed by atoms with Crippen LogP contribution >= 0.6 is 11.3 Å². The molecule has 1 fully saturated rings. The van der Waals surface area contributed by atoms with Crippen LogP contribution in [0.4, 0.5) is 5.13 Å². The minimum absolute atomic E-state index is 0.115. The van der Waals surface area contributed by atoms with E-state index in [0.717, 1.165) is 11.3 Å². The molecule has 2 heterocycles. The lowest BCUT2D eigenvalue weighted by Crippen LogP contribution is -2.41. The minimum Gasteiger partial charge on any atom is -0.497 e. The Hall–Kier alpha value is -2.75. The van der Waals surface area contributed by atoms with E-state index in [4.69, 9.17) is 4.74 Å². The number of carbonyl (C=O) groups excluding carboxylic acids is 1. The maximum atomic E-state index is 12.9. The fourth-order valence-electron chi connectivity index (χ4n) is 3.54. The third-order valence-electron chi connectivity index (χ3n) is 5.33. The van der Waals surface area contributed by atoms with Crippen molar-refractivity contribution in [2.45, 2.75) is 17.7 Å². The molecule has 0 saturated carbocycles. The van der Waals surface area contributed by atoms with Crippen molar-refractivity contribution in [1.82, 2.24) is 9.29 Å². The SMILES string of the molecule is COc1ccc(S(=O)(=O)N2CCC(C(=O)Nc3nc(-c4ccccc4)cs3)CC2)cc1. The topological polar surface area (TPSA) is 88.6 Å². The summed E-state index contributed by atoms with van der Waals surface area (Å²) >= 11 is 1.38. The van der Waals surface area contributed by atoms with Crippen LogP contribution in [0.1, 0.15) is 12.8 Å². The van der Waals surface area contributed by atoms with Crippen LogP contribution in [0.25, 0.3) is 11.3 Å². The summed E-state index contributed by atoms with van der Waals surface area (Å²) in [5, 5.41) is 5.35. The minimum atomic E-state index is -3.59. The number of nitrogens with one attached hydrogen (secondary N) is 1. The zero-order chi connectivity index (χ0) is 21.8. The van der Waals surface area contributed by atoms with E-state index in [1.165, 1.54) is 22.8 Å². The Morgan fingerprint density at radius 2 is 1.77 bits per heavy atom. The van der Waals surface area contributed by atoms with Crippen LogP contribution in [0.2, 0.25) is 0 Å². The molecule has 0 radical (unpaired) electrons. The summed E-state index contributed by atoms with van der Waals surface area (Å²) < 4.78 is 32.3. The molecule has 0 bridgehead atoms. The molecule has 1 saturated heterocycles. The van der Waals surface area contributed by atoms with Gasteiger partial charge in [0.2, 0.25) is 15.9 Å². The normalized spacial score (nSPS) is 15.5. The number of hydrogen-bond donors (Lipinski definition) is 1. The fraction of sp³-hybridized carbons (Fsp3) is 0.273. The van der Waals surface area contributed by atoms with E-state index in [9.17, 15) is 13.2 Å². The van der Waals surface area contributed by atoms with Crippen molar-refractivity contribution in [3.05, 3.63) is 60.0 Å². The van der Waals surface area contributed by atoms with E-state index in [2.05, 4.69) is 10.3 Å². The molecule has 0 spiro atoms. The number of ether oxygens (including phenoxy) is 1. The summed E-state index contributed by atoms with van der Waals surface area (Å²) in [5.41, 5.74) is 1.82. The maximum absolute atomic E-state index is 12.9. The molecule has 0 aliphatic carbocycles. The Bertz CT molecular complexity index is 1140. The lowest BCUT2D eigenvalue weighted by atomic mass is 9.97. The molecule has 7 nitrogen and oxygen atoms in total. The molecule has 3 aromatic rings. The highest BCUT2D eigenvalue weighted by Gasteiger charge is 2.32. The van der Waals surface area contributed by atoms with Crippen LogP contribution < -0.4 is 10.1 Å². The van der Waals surface area contributed by atoms with Crippen molar-refractivity contribution in [3.8, 4) is 17.0 Å². The molecule has 1 amide bonds. The van der Waals surface area contributed by atoms with Crippen molar-refractivity contribution in [1.29, 1.82) is 0 Å². The van der Waals surface area contributed by atoms with Crippen LogP contribution in [0, 0.1) is 5.92 Å². The Labute approximate surface area is 185 Å². The van der Waals surface area contributed by atoms with Crippen LogP contribution in [0.5, 0.6) is 5.75 Å². The van der Waals surface area contributed by atoms with Crippen LogP contribution in [0.3, 0.4) is 0 Å². The second-order valence-electron chi connectivity index (χ2n) is 7.25. The van der Waals surface area contributed by atoms with Gasteiger partial charge in [0, 0.05) is 30.0 Å². The summed E-state index contributed by atoms with van der Waals surface area (Å²) in [5.74, 6) is 0.244. The Morgan fingerprint density at radius 3 is 2.42 bits per heavy atom. The summed E-state index contributed by atoms with van der Waals surface area (Å²) in [6.45, 7) is 0.610. The number of rotatable bonds is 6. The van der Waals surface area contributed by atoms with E-state index in [-0.39, 0.29) is 16.7 Å². The molecule has 0 unspecified atom stereocenters. The first-order valence-electron chi connectivity index (χ1n) is 9.93. The Kier molecular flexibility index (Phi) is 6.35. The van der Waals surface area contributed by atoms with E-state index < -0.39 is 10.0 Å². The smallest absolute Gasteiger partial charge is 0.243 e. The molecule has 0 atom stereocenters. The number of methoxy groups -OCH3 is 1. The first-order valence-corrected chi connectivity index (χ1v) is 12.3. The molecule has 2 aromatic carbocycles. The fourth-order valence-corrected chi connectivity index (χ4v) is 5.73. The van der Waals surface area contributed by atoms with E-state index >= 15 is 0 Å². The van der Waals surface area contributed by atoms with Gasteiger partial charge < -0.3 is 10.1 Å². The van der Waals surface area contributed by atoms with Gasteiger partial charge >= 0.3 is 0 Å². The van der Waals surface area contributed by atoms with E-state index in [1.807, 2.05) is 35.7 Å². The van der Waals surface area contributed by atoms with Gasteiger partial charge in [0.1, 0.15) is 5.75 Å². The van der Waals surface area contributed by atoms with Crippen LogP contribution in [0.15, 0.2) is 64.9 Å². The highest BCUT2D eigenvalue weighted by Crippen LogP contribution is 2.28. The largest absolute Gasteiger partial charge is 0.497 e. The number of amides is 1. The Balaban J connectivity index is 1.35. The number of nitrogens with zero attached hydrogens (tertiary/aromatic N) is 2.